The molecule has 0 radical (unpaired) electrons. The van der Waals surface area contributed by atoms with Crippen molar-refractivity contribution in [3.63, 3.8) is 0 Å². The van der Waals surface area contributed by atoms with Crippen LogP contribution in [0.3, 0.4) is 0 Å². The number of hydrogen-bond donors (Lipinski definition) is 2. The van der Waals surface area contributed by atoms with Crippen molar-refractivity contribution in [3.05, 3.63) is 34.7 Å². The van der Waals surface area contributed by atoms with Gasteiger partial charge in [-0.1, -0.05) is 5.16 Å². The molecule has 2 amide bonds. The Morgan fingerprint density at radius 2 is 2.23 bits per heavy atom. The second-order valence-corrected chi connectivity index (χ2v) is 6.83. The van der Waals surface area contributed by atoms with Gasteiger partial charge in [0.25, 0.3) is 0 Å². The van der Waals surface area contributed by atoms with Crippen LogP contribution in [0.1, 0.15) is 54.2 Å². The zero-order valence-electron chi connectivity index (χ0n) is 15.5. The molecule has 0 spiro atoms. The second kappa shape index (κ2) is 7.72. The summed E-state index contributed by atoms with van der Waals surface area (Å²) >= 11 is 0. The summed E-state index contributed by atoms with van der Waals surface area (Å²) in [6, 6.07) is 0. The van der Waals surface area contributed by atoms with Gasteiger partial charge in [0.2, 0.25) is 11.8 Å². The number of carbonyl (C=O) groups is 2. The summed E-state index contributed by atoms with van der Waals surface area (Å²) < 4.78 is 5.15. The Labute approximate surface area is 152 Å². The quantitative estimate of drug-likeness (QED) is 0.815. The molecule has 26 heavy (non-hydrogen) atoms. The monoisotopic (exact) mass is 359 g/mol. The van der Waals surface area contributed by atoms with E-state index >= 15 is 0 Å². The van der Waals surface area contributed by atoms with Crippen molar-refractivity contribution in [2.24, 2.45) is 0 Å². The van der Waals surface area contributed by atoms with Gasteiger partial charge in [-0.25, -0.2) is 4.98 Å². The summed E-state index contributed by atoms with van der Waals surface area (Å²) in [6.07, 6.45) is 3.75. The van der Waals surface area contributed by atoms with Crippen LogP contribution < -0.4 is 5.32 Å². The van der Waals surface area contributed by atoms with Crippen LogP contribution in [0.5, 0.6) is 0 Å². The summed E-state index contributed by atoms with van der Waals surface area (Å²) in [6.45, 7) is 7.12. The number of likely N-dealkylation sites (tertiary alicyclic amines) is 1. The Hall–Kier alpha value is -2.64. The molecule has 8 heteroatoms. The number of aryl methyl sites for hydroxylation is 2. The zero-order chi connectivity index (χ0) is 18.7. The molecule has 1 aliphatic rings. The van der Waals surface area contributed by atoms with Gasteiger partial charge >= 0.3 is 0 Å². The first-order chi connectivity index (χ1) is 12.4. The average Bonchev–Trinajstić information content (AvgIpc) is 3.32. The minimum atomic E-state index is -0.0721. The van der Waals surface area contributed by atoms with Crippen LogP contribution in [-0.4, -0.2) is 44.9 Å². The normalized spacial score (nSPS) is 16.9. The molecule has 2 aromatic rings. The van der Waals surface area contributed by atoms with Gasteiger partial charge in [-0.05, 0) is 26.7 Å². The number of carbonyl (C=O) groups excluding carboxylic acids is 2. The Bertz CT molecular complexity index is 775. The molecular formula is C18H25N5O3. The molecule has 8 nitrogen and oxygen atoms in total. The van der Waals surface area contributed by atoms with Crippen LogP contribution in [-0.2, 0) is 22.6 Å². The number of hydrogen-bond acceptors (Lipinski definition) is 5. The van der Waals surface area contributed by atoms with Crippen LogP contribution in [0, 0.1) is 13.8 Å². The molecule has 2 aromatic heterocycles. The van der Waals surface area contributed by atoms with Crippen molar-refractivity contribution in [3.8, 4) is 0 Å². The van der Waals surface area contributed by atoms with Crippen molar-refractivity contribution >= 4 is 11.8 Å². The van der Waals surface area contributed by atoms with Gasteiger partial charge < -0.3 is 19.7 Å². The van der Waals surface area contributed by atoms with Crippen molar-refractivity contribution in [1.29, 1.82) is 0 Å². The van der Waals surface area contributed by atoms with Gasteiger partial charge in [0.05, 0.1) is 24.1 Å². The van der Waals surface area contributed by atoms with E-state index in [9.17, 15) is 9.59 Å². The van der Waals surface area contributed by atoms with Crippen LogP contribution in [0.15, 0.2) is 10.7 Å². The molecule has 1 aliphatic heterocycles. The number of H-pyrrole nitrogens is 1. The fourth-order valence-corrected chi connectivity index (χ4v) is 3.35. The van der Waals surface area contributed by atoms with E-state index in [0.29, 0.717) is 25.9 Å². The lowest BCUT2D eigenvalue weighted by molar-refractivity contribution is -0.130. The van der Waals surface area contributed by atoms with Crippen molar-refractivity contribution in [1.82, 2.24) is 25.3 Å². The average molecular weight is 359 g/mol. The minimum Gasteiger partial charge on any atom is -0.361 e. The lowest BCUT2D eigenvalue weighted by Crippen LogP contribution is -2.28. The van der Waals surface area contributed by atoms with Crippen LogP contribution in [0.2, 0.25) is 0 Å². The smallest absolute Gasteiger partial charge is 0.222 e. The lowest BCUT2D eigenvalue weighted by atomic mass is 10.1. The second-order valence-electron chi connectivity index (χ2n) is 6.83. The lowest BCUT2D eigenvalue weighted by Gasteiger charge is -2.16. The molecule has 0 unspecified atom stereocenters. The maximum Gasteiger partial charge on any atom is 0.222 e. The van der Waals surface area contributed by atoms with Gasteiger partial charge in [0.15, 0.2) is 0 Å². The van der Waals surface area contributed by atoms with Gasteiger partial charge in [-0.2, -0.15) is 0 Å². The van der Waals surface area contributed by atoms with E-state index in [1.54, 1.807) is 6.20 Å². The highest BCUT2D eigenvalue weighted by atomic mass is 16.5. The topological polar surface area (TPSA) is 104 Å². The highest BCUT2D eigenvalue weighted by molar-refractivity contribution is 5.77. The summed E-state index contributed by atoms with van der Waals surface area (Å²) in [5, 5.41) is 6.68. The van der Waals surface area contributed by atoms with Gasteiger partial charge in [-0.3, -0.25) is 9.59 Å². The van der Waals surface area contributed by atoms with E-state index in [-0.39, 0.29) is 17.7 Å². The molecule has 3 rings (SSSR count). The predicted octanol–water partition coefficient (Wildman–Crippen LogP) is 1.60. The maximum atomic E-state index is 12.5. The molecule has 1 atom stereocenters. The van der Waals surface area contributed by atoms with Crippen molar-refractivity contribution < 1.29 is 14.1 Å². The third-order valence-corrected chi connectivity index (χ3v) is 4.87. The molecule has 3 heterocycles. The van der Waals surface area contributed by atoms with Crippen molar-refractivity contribution in [2.45, 2.75) is 52.5 Å². The van der Waals surface area contributed by atoms with E-state index < -0.39 is 0 Å². The predicted molar refractivity (Wildman–Crippen MR) is 94.3 cm³/mol. The Morgan fingerprint density at radius 3 is 2.92 bits per heavy atom. The number of imidazole rings is 1. The highest BCUT2D eigenvalue weighted by Gasteiger charge is 2.29. The van der Waals surface area contributed by atoms with Crippen LogP contribution >= 0.6 is 0 Å². The fourth-order valence-electron chi connectivity index (χ4n) is 3.35. The van der Waals surface area contributed by atoms with E-state index in [1.165, 1.54) is 6.92 Å². The summed E-state index contributed by atoms with van der Waals surface area (Å²) in [5.74, 6) is 1.96. The molecule has 1 saturated heterocycles. The van der Waals surface area contributed by atoms with Crippen LogP contribution in [0.25, 0.3) is 0 Å². The molecule has 0 saturated carbocycles. The molecule has 2 N–H and O–H groups in total. The standard InChI is InChI=1S/C18H25N5O3/c1-11-16(12(2)26-22-11)4-5-17(25)23-7-6-14(10-23)18-20-9-15(21-18)8-19-13(3)24/h9,14H,4-8,10H2,1-3H3,(H,19,24)(H,20,21)/t14-/m0/s1. The maximum absolute atomic E-state index is 12.5. The largest absolute Gasteiger partial charge is 0.361 e. The van der Waals surface area contributed by atoms with Crippen molar-refractivity contribution in [2.75, 3.05) is 13.1 Å². The van der Waals surface area contributed by atoms with Gasteiger partial charge in [0, 0.05) is 37.9 Å². The van der Waals surface area contributed by atoms with Crippen LogP contribution in [0.4, 0.5) is 0 Å². The minimum absolute atomic E-state index is 0.0721. The number of rotatable bonds is 6. The summed E-state index contributed by atoms with van der Waals surface area (Å²) in [7, 11) is 0. The molecular weight excluding hydrogens is 334 g/mol. The Balaban J connectivity index is 1.51. The third-order valence-electron chi connectivity index (χ3n) is 4.87. The molecule has 140 valence electrons. The Morgan fingerprint density at radius 1 is 1.42 bits per heavy atom. The zero-order valence-corrected chi connectivity index (χ0v) is 15.5. The summed E-state index contributed by atoms with van der Waals surface area (Å²) in [5.41, 5.74) is 2.76. The number of aromatic amines is 1. The van der Waals surface area contributed by atoms with E-state index in [0.717, 1.165) is 41.5 Å². The SMILES string of the molecule is CC(=O)NCc1cnc([C@H]2CCN(C(=O)CCc3c(C)noc3C)C2)[nH]1. The van der Waals surface area contributed by atoms with Gasteiger partial charge in [-0.15, -0.1) is 0 Å². The van der Waals surface area contributed by atoms with E-state index in [2.05, 4.69) is 20.4 Å². The number of amides is 2. The van der Waals surface area contributed by atoms with Gasteiger partial charge in [0.1, 0.15) is 11.6 Å². The first-order valence-corrected chi connectivity index (χ1v) is 8.91. The van der Waals surface area contributed by atoms with E-state index in [4.69, 9.17) is 4.52 Å². The van der Waals surface area contributed by atoms with E-state index in [1.807, 2.05) is 18.7 Å². The molecule has 0 bridgehead atoms. The Kier molecular flexibility index (Phi) is 5.39. The first-order valence-electron chi connectivity index (χ1n) is 8.91. The number of aromatic nitrogens is 3. The molecule has 0 aliphatic carbocycles. The highest BCUT2D eigenvalue weighted by Crippen LogP contribution is 2.26. The molecule has 1 fully saturated rings. The fraction of sp³-hybridized carbons (Fsp3) is 0.556. The number of nitrogens with zero attached hydrogens (tertiary/aromatic N) is 3. The number of nitrogens with one attached hydrogen (secondary N) is 2. The third kappa shape index (κ3) is 4.12. The molecule has 0 aromatic carbocycles. The first kappa shape index (κ1) is 18.2. The summed E-state index contributed by atoms with van der Waals surface area (Å²) in [4.78, 5) is 33.1.